The molecule has 1 aromatic heterocycles. The summed E-state index contributed by atoms with van der Waals surface area (Å²) in [7, 11) is 0.751. The molecule has 0 aliphatic rings. The third kappa shape index (κ3) is 5.09. The monoisotopic (exact) mass is 374 g/mol. The molecule has 18 heteroatoms. The average Bonchev–Trinajstić information content (AvgIpc) is 3.12. The van der Waals surface area contributed by atoms with Crippen LogP contribution in [0.5, 0.6) is 0 Å². The van der Waals surface area contributed by atoms with Gasteiger partial charge in [-0.15, -0.1) is 10.2 Å². The average molecular weight is 374 g/mol. The van der Waals surface area contributed by atoms with Crippen molar-refractivity contribution in [3.63, 3.8) is 0 Å². The predicted octanol–water partition coefficient (Wildman–Crippen LogP) is 0.401. The standard InChI is InChI=1S/C7H5N5O8.CH2N4.H3N/c1-8(12(19)20)7-5(10(15)16)2-4(9(13)14)3-6(7)11(17)18;1-2-4-5-3-1;/h2-3H,1H3;1H,(H,2,3,4,5);1H3. The number of benzene rings is 1. The Bertz CT molecular complexity index is 755. The van der Waals surface area contributed by atoms with Gasteiger partial charge in [0.2, 0.25) is 0 Å². The van der Waals surface area contributed by atoms with Gasteiger partial charge in [-0.2, -0.15) is 5.21 Å². The van der Waals surface area contributed by atoms with Crippen molar-refractivity contribution in [1.82, 2.24) is 26.8 Å². The van der Waals surface area contributed by atoms with E-state index in [2.05, 4.69) is 20.6 Å². The highest BCUT2D eigenvalue weighted by Crippen LogP contribution is 2.40. The van der Waals surface area contributed by atoms with Crippen molar-refractivity contribution in [2.24, 2.45) is 0 Å². The molecule has 4 N–H and O–H groups in total. The maximum Gasteiger partial charge on any atom is 0.312 e. The lowest BCUT2D eigenvalue weighted by atomic mass is 10.2. The Morgan fingerprint density at radius 1 is 0.962 bits per heavy atom. The van der Waals surface area contributed by atoms with Gasteiger partial charge in [-0.1, -0.05) is 10.2 Å². The largest absolute Gasteiger partial charge is 0.344 e. The van der Waals surface area contributed by atoms with E-state index in [1.54, 1.807) is 0 Å². The molecule has 0 saturated carbocycles. The van der Waals surface area contributed by atoms with Crippen LogP contribution in [0.2, 0.25) is 0 Å². The Labute approximate surface area is 141 Å². The Hall–Kier alpha value is -4.35. The lowest BCUT2D eigenvalue weighted by Gasteiger charge is -2.08. The molecule has 18 nitrogen and oxygen atoms in total. The number of nitrogens with zero attached hydrogens (tertiary/aromatic N) is 8. The quantitative estimate of drug-likeness (QED) is 0.530. The number of nitrogens with one attached hydrogen (secondary N) is 1. The zero-order chi connectivity index (χ0) is 19.1. The summed E-state index contributed by atoms with van der Waals surface area (Å²) in [6.07, 6.45) is 1.33. The van der Waals surface area contributed by atoms with E-state index in [1.807, 2.05) is 0 Å². The van der Waals surface area contributed by atoms with Gasteiger partial charge in [-0.05, 0) is 0 Å². The summed E-state index contributed by atoms with van der Waals surface area (Å²) >= 11 is 0. The van der Waals surface area contributed by atoms with E-state index in [0.717, 1.165) is 7.05 Å². The van der Waals surface area contributed by atoms with E-state index in [0.29, 0.717) is 12.1 Å². The van der Waals surface area contributed by atoms with Crippen LogP contribution in [-0.4, -0.2) is 47.5 Å². The van der Waals surface area contributed by atoms with Crippen molar-refractivity contribution in [2.75, 3.05) is 12.1 Å². The zero-order valence-corrected chi connectivity index (χ0v) is 12.8. The number of hydrogen-bond donors (Lipinski definition) is 2. The highest BCUT2D eigenvalue weighted by atomic mass is 16.7. The minimum absolute atomic E-state index is 0. The number of anilines is 1. The second-order valence-corrected chi connectivity index (χ2v) is 3.93. The Balaban J connectivity index is 0.000000893. The summed E-state index contributed by atoms with van der Waals surface area (Å²) < 4.78 is 0. The highest BCUT2D eigenvalue weighted by molar-refractivity contribution is 5.76. The van der Waals surface area contributed by atoms with Gasteiger partial charge in [-0.3, -0.25) is 30.3 Å². The maximum absolute atomic E-state index is 10.8. The number of aromatic amines is 1. The summed E-state index contributed by atoms with van der Waals surface area (Å²) in [6.45, 7) is 0. The highest BCUT2D eigenvalue weighted by Gasteiger charge is 2.37. The lowest BCUT2D eigenvalue weighted by molar-refractivity contribution is -0.493. The Morgan fingerprint density at radius 2 is 1.46 bits per heavy atom. The van der Waals surface area contributed by atoms with Crippen molar-refractivity contribution >= 4 is 22.7 Å². The molecule has 1 aromatic carbocycles. The fraction of sp³-hybridized carbons (Fsp3) is 0.125. The number of hydrazine groups is 1. The molecule has 0 saturated heterocycles. The number of hydrogen-bond acceptors (Lipinski definition) is 12. The first-order valence-electron chi connectivity index (χ1n) is 5.82. The van der Waals surface area contributed by atoms with Crippen LogP contribution in [0.25, 0.3) is 0 Å². The van der Waals surface area contributed by atoms with Gasteiger partial charge in [0.25, 0.3) is 11.4 Å². The van der Waals surface area contributed by atoms with Gasteiger partial charge in [0.1, 0.15) is 0 Å². The molecule has 2 aromatic rings. The van der Waals surface area contributed by atoms with E-state index in [4.69, 9.17) is 0 Å². The van der Waals surface area contributed by atoms with Crippen LogP contribution in [0.4, 0.5) is 22.7 Å². The topological polar surface area (TPSA) is 265 Å². The molecule has 2 rings (SSSR count). The predicted molar refractivity (Wildman–Crippen MR) is 81.0 cm³/mol. The van der Waals surface area contributed by atoms with Crippen LogP contribution < -0.4 is 11.2 Å². The molecule has 140 valence electrons. The number of non-ortho nitro benzene ring substituents is 1. The van der Waals surface area contributed by atoms with E-state index < -0.39 is 42.6 Å². The van der Waals surface area contributed by atoms with Crippen molar-refractivity contribution in [3.05, 3.63) is 58.9 Å². The molecule has 0 unspecified atom stereocenters. The molecule has 0 bridgehead atoms. The summed E-state index contributed by atoms with van der Waals surface area (Å²) in [5.74, 6) is 0. The SMILES string of the molecule is CN(c1c([N+](=O)[O-])cc([N+](=O)[O-])cc1[N+](=O)[O-])[N+](=O)[O-].N.c1nn[nH]n1. The summed E-state index contributed by atoms with van der Waals surface area (Å²) in [5, 5.41) is 53.9. The second kappa shape index (κ2) is 9.07. The molecule has 0 spiro atoms. The molecule has 0 aliphatic carbocycles. The summed E-state index contributed by atoms with van der Waals surface area (Å²) in [5.41, 5.74) is -4.07. The minimum Gasteiger partial charge on any atom is -0.344 e. The van der Waals surface area contributed by atoms with Gasteiger partial charge in [0, 0.05) is 0 Å². The van der Waals surface area contributed by atoms with Gasteiger partial charge < -0.3 is 6.15 Å². The van der Waals surface area contributed by atoms with Crippen LogP contribution in [0.3, 0.4) is 0 Å². The van der Waals surface area contributed by atoms with E-state index in [9.17, 15) is 40.5 Å². The Kier molecular flexibility index (Phi) is 7.55. The van der Waals surface area contributed by atoms with Crippen molar-refractivity contribution in [3.8, 4) is 0 Å². The van der Waals surface area contributed by atoms with Gasteiger partial charge >= 0.3 is 11.4 Å². The molecule has 0 atom stereocenters. The number of nitro benzene ring substituents is 3. The number of rotatable bonds is 5. The fourth-order valence-electron chi connectivity index (χ4n) is 1.52. The summed E-state index contributed by atoms with van der Waals surface area (Å²) in [4.78, 5) is 39.4. The normalized spacial score (nSPS) is 9.12. The number of H-pyrrole nitrogens is 1. The molecule has 0 amide bonds. The minimum atomic E-state index is -1.17. The summed E-state index contributed by atoms with van der Waals surface area (Å²) in [6, 6.07) is 0.838. The van der Waals surface area contributed by atoms with E-state index in [-0.39, 0.29) is 11.2 Å². The lowest BCUT2D eigenvalue weighted by Crippen LogP contribution is -2.26. The molecule has 1 heterocycles. The van der Waals surface area contributed by atoms with Gasteiger partial charge in [0.05, 0.1) is 34.0 Å². The van der Waals surface area contributed by atoms with E-state index in [1.165, 1.54) is 6.33 Å². The van der Waals surface area contributed by atoms with Gasteiger partial charge in [0.15, 0.2) is 11.4 Å². The second-order valence-electron chi connectivity index (χ2n) is 3.93. The number of aromatic nitrogens is 4. The van der Waals surface area contributed by atoms with Crippen molar-refractivity contribution in [2.45, 2.75) is 0 Å². The van der Waals surface area contributed by atoms with E-state index >= 15 is 0 Å². The first-order chi connectivity index (χ1) is 11.7. The smallest absolute Gasteiger partial charge is 0.312 e. The fourth-order valence-corrected chi connectivity index (χ4v) is 1.52. The van der Waals surface area contributed by atoms with Gasteiger partial charge in [-0.25, -0.2) is 10.1 Å². The molecular formula is C8H10N10O8. The van der Waals surface area contributed by atoms with Crippen LogP contribution in [0, 0.1) is 40.5 Å². The van der Waals surface area contributed by atoms with Crippen LogP contribution in [0.15, 0.2) is 18.5 Å². The van der Waals surface area contributed by atoms with Crippen LogP contribution in [-0.2, 0) is 0 Å². The first kappa shape index (κ1) is 21.6. The molecule has 26 heavy (non-hydrogen) atoms. The Morgan fingerprint density at radius 3 is 1.69 bits per heavy atom. The number of nitro groups is 4. The zero-order valence-electron chi connectivity index (χ0n) is 12.8. The number of tetrazole rings is 1. The third-order valence-electron chi connectivity index (χ3n) is 2.50. The van der Waals surface area contributed by atoms with Crippen LogP contribution in [0.1, 0.15) is 0 Å². The van der Waals surface area contributed by atoms with Crippen molar-refractivity contribution < 1.29 is 19.8 Å². The molecule has 0 fully saturated rings. The molecule has 0 radical (unpaired) electrons. The van der Waals surface area contributed by atoms with Crippen LogP contribution >= 0.6 is 0 Å². The molecule has 0 aliphatic heterocycles. The maximum atomic E-state index is 10.8. The third-order valence-corrected chi connectivity index (χ3v) is 2.50. The molecular weight excluding hydrogens is 364 g/mol. The first-order valence-corrected chi connectivity index (χ1v) is 5.82. The van der Waals surface area contributed by atoms with Crippen molar-refractivity contribution in [1.29, 1.82) is 0 Å².